The molecule has 1 aliphatic rings. The molecule has 0 spiro atoms. The van der Waals surface area contributed by atoms with Crippen molar-refractivity contribution < 1.29 is 5.11 Å². The highest BCUT2D eigenvalue weighted by molar-refractivity contribution is 6.91. The summed E-state index contributed by atoms with van der Waals surface area (Å²) in [7, 11) is 0.732. The van der Waals surface area contributed by atoms with Gasteiger partial charge in [0.05, 0.1) is 5.69 Å². The zero-order chi connectivity index (χ0) is 11.5. The lowest BCUT2D eigenvalue weighted by Crippen LogP contribution is -2.19. The van der Waals surface area contributed by atoms with Gasteiger partial charge in [0, 0.05) is 11.2 Å². The maximum absolute atomic E-state index is 9.67. The van der Waals surface area contributed by atoms with Crippen molar-refractivity contribution in [3.63, 3.8) is 0 Å². The lowest BCUT2D eigenvalue weighted by molar-refractivity contribution is 0.430. The van der Waals surface area contributed by atoms with Crippen LogP contribution in [0.1, 0.15) is 0 Å². The Kier molecular flexibility index (Phi) is 2.77. The summed E-state index contributed by atoms with van der Waals surface area (Å²) >= 11 is 0. The minimum Gasteiger partial charge on any atom is -0.507 e. The molecule has 0 unspecified atom stereocenters. The molecule has 0 saturated carbocycles. The van der Waals surface area contributed by atoms with E-state index in [2.05, 4.69) is 18.2 Å². The highest BCUT2D eigenvalue weighted by atomic mass is 16.3. The molecule has 0 amide bonds. The van der Waals surface area contributed by atoms with Crippen LogP contribution in [0.5, 0.6) is 0 Å². The fraction of sp³-hybridized carbons (Fsp3) is 0. The number of benzene rings is 1. The van der Waals surface area contributed by atoms with Crippen molar-refractivity contribution in [3.05, 3.63) is 60.9 Å². The predicted molar refractivity (Wildman–Crippen MR) is 70.4 cm³/mol. The first-order valence-corrected chi connectivity index (χ1v) is 5.10. The number of rotatable bonds is 3. The molecule has 0 saturated heterocycles. The zero-order valence-electron chi connectivity index (χ0n) is 8.98. The molecule has 3 heteroatoms. The Morgan fingerprint density at radius 3 is 2.62 bits per heavy atom. The van der Waals surface area contributed by atoms with Crippen molar-refractivity contribution in [3.8, 4) is 0 Å². The van der Waals surface area contributed by atoms with Crippen LogP contribution >= 0.6 is 0 Å². The van der Waals surface area contributed by atoms with Crippen LogP contribution < -0.4 is 5.46 Å². The van der Waals surface area contributed by atoms with Crippen LogP contribution in [0, 0.1) is 0 Å². The van der Waals surface area contributed by atoms with Gasteiger partial charge in [0.2, 0.25) is 7.28 Å². The van der Waals surface area contributed by atoms with Gasteiger partial charge in [-0.15, -0.1) is 0 Å². The van der Waals surface area contributed by atoms with Crippen LogP contribution in [0.2, 0.25) is 0 Å². The Morgan fingerprint density at radius 2 is 2.00 bits per heavy atom. The number of hydrogen-bond acceptors (Lipinski definition) is 2. The second-order valence-corrected chi connectivity index (χ2v) is 3.57. The van der Waals surface area contributed by atoms with E-state index in [0.29, 0.717) is 5.57 Å². The van der Waals surface area contributed by atoms with Crippen molar-refractivity contribution in [1.29, 1.82) is 0 Å². The normalized spacial score (nSPS) is 14.4. The molecule has 2 nitrogen and oxygen atoms in total. The standard InChI is InChI=1S/C13H12BNO/c1-3-9(12(16)4-2)13-14-10-7-5-6-8-11(10)15-13/h3-8,14,16H,1-2H2/b12-9-. The van der Waals surface area contributed by atoms with Gasteiger partial charge in [-0.1, -0.05) is 42.9 Å². The molecule has 1 aromatic rings. The van der Waals surface area contributed by atoms with Crippen LogP contribution in [0.15, 0.2) is 65.9 Å². The number of aliphatic hydroxyl groups is 1. The van der Waals surface area contributed by atoms with Gasteiger partial charge in [-0.2, -0.15) is 0 Å². The van der Waals surface area contributed by atoms with Crippen LogP contribution in [-0.2, 0) is 0 Å². The molecule has 0 aromatic heterocycles. The molecule has 1 N–H and O–H groups in total. The van der Waals surface area contributed by atoms with Gasteiger partial charge in [-0.3, -0.25) is 4.99 Å². The monoisotopic (exact) mass is 209 g/mol. The zero-order valence-corrected chi connectivity index (χ0v) is 8.98. The average Bonchev–Trinajstić information content (AvgIpc) is 2.72. The second-order valence-electron chi connectivity index (χ2n) is 3.57. The number of allylic oxidation sites excluding steroid dienone is 3. The quantitative estimate of drug-likeness (QED) is 0.460. The van der Waals surface area contributed by atoms with E-state index < -0.39 is 0 Å². The fourth-order valence-electron chi connectivity index (χ4n) is 1.77. The number of nitrogens with zero attached hydrogens (tertiary/aromatic N) is 1. The molecule has 2 rings (SSSR count). The van der Waals surface area contributed by atoms with Gasteiger partial charge in [-0.05, 0) is 12.1 Å². The third-order valence-electron chi connectivity index (χ3n) is 2.59. The molecule has 0 bridgehead atoms. The van der Waals surface area contributed by atoms with E-state index in [0.717, 1.165) is 18.6 Å². The summed E-state index contributed by atoms with van der Waals surface area (Å²) in [5.74, 6) is 0.126. The third-order valence-corrected chi connectivity index (χ3v) is 2.59. The smallest absolute Gasteiger partial charge is 0.220 e. The summed E-state index contributed by atoms with van der Waals surface area (Å²) in [6.07, 6.45) is 3.02. The van der Waals surface area contributed by atoms with E-state index >= 15 is 0 Å². The first kappa shape index (κ1) is 10.5. The topological polar surface area (TPSA) is 32.6 Å². The molecule has 0 fully saturated rings. The van der Waals surface area contributed by atoms with E-state index in [1.165, 1.54) is 11.5 Å². The van der Waals surface area contributed by atoms with Gasteiger partial charge < -0.3 is 5.11 Å². The van der Waals surface area contributed by atoms with Crippen molar-refractivity contribution >= 4 is 24.0 Å². The Labute approximate surface area is 95.6 Å². The van der Waals surface area contributed by atoms with Gasteiger partial charge in [0.25, 0.3) is 0 Å². The first-order chi connectivity index (χ1) is 7.76. The molecular formula is C13H12BNO. The molecule has 1 heterocycles. The number of hydrogen-bond donors (Lipinski definition) is 1. The predicted octanol–water partition coefficient (Wildman–Crippen LogP) is 1.98. The highest BCUT2D eigenvalue weighted by Crippen LogP contribution is 2.18. The van der Waals surface area contributed by atoms with Crippen LogP contribution in [0.3, 0.4) is 0 Å². The lowest BCUT2D eigenvalue weighted by atomic mass is 9.64. The first-order valence-electron chi connectivity index (χ1n) is 5.10. The number of fused-ring (bicyclic) bond motifs is 1. The van der Waals surface area contributed by atoms with Gasteiger partial charge in [-0.25, -0.2) is 0 Å². The molecule has 78 valence electrons. The van der Waals surface area contributed by atoms with Crippen LogP contribution in [-0.4, -0.2) is 18.0 Å². The second kappa shape index (κ2) is 4.23. The summed E-state index contributed by atoms with van der Waals surface area (Å²) in [5.41, 5.74) is 3.64. The van der Waals surface area contributed by atoms with Crippen molar-refractivity contribution in [1.82, 2.24) is 0 Å². The maximum Gasteiger partial charge on any atom is 0.220 e. The van der Waals surface area contributed by atoms with E-state index in [4.69, 9.17) is 0 Å². The Bertz CT molecular complexity index is 514. The summed E-state index contributed by atoms with van der Waals surface area (Å²) in [5, 5.41) is 9.67. The van der Waals surface area contributed by atoms with E-state index in [-0.39, 0.29) is 5.76 Å². The number of aliphatic hydroxyl groups excluding tert-OH is 1. The maximum atomic E-state index is 9.67. The molecule has 0 atom stereocenters. The van der Waals surface area contributed by atoms with Gasteiger partial charge in [0.15, 0.2) is 0 Å². The Balaban J connectivity index is 2.42. The summed E-state index contributed by atoms with van der Waals surface area (Å²) in [4.78, 5) is 4.47. The Morgan fingerprint density at radius 1 is 1.25 bits per heavy atom. The minimum absolute atomic E-state index is 0.126. The summed E-state index contributed by atoms with van der Waals surface area (Å²) in [6, 6.07) is 7.95. The molecule has 16 heavy (non-hydrogen) atoms. The van der Waals surface area contributed by atoms with E-state index in [1.807, 2.05) is 24.3 Å². The highest BCUT2D eigenvalue weighted by Gasteiger charge is 2.18. The average molecular weight is 209 g/mol. The van der Waals surface area contributed by atoms with Crippen LogP contribution in [0.4, 0.5) is 5.69 Å². The molecule has 1 aromatic carbocycles. The molecular weight excluding hydrogens is 197 g/mol. The summed E-state index contributed by atoms with van der Waals surface area (Å²) in [6.45, 7) is 7.23. The largest absolute Gasteiger partial charge is 0.507 e. The van der Waals surface area contributed by atoms with Crippen molar-refractivity contribution in [2.45, 2.75) is 0 Å². The van der Waals surface area contributed by atoms with E-state index in [9.17, 15) is 5.11 Å². The summed E-state index contributed by atoms with van der Waals surface area (Å²) < 4.78 is 0. The van der Waals surface area contributed by atoms with Crippen molar-refractivity contribution in [2.75, 3.05) is 0 Å². The SMILES string of the molecule is C=C/C(O)=C(\C=C)C1=Nc2ccccc2B1. The minimum atomic E-state index is 0.126. The molecule has 0 aliphatic carbocycles. The van der Waals surface area contributed by atoms with Gasteiger partial charge >= 0.3 is 0 Å². The number of aliphatic imine (C=N–C) groups is 1. The van der Waals surface area contributed by atoms with Crippen LogP contribution in [0.25, 0.3) is 0 Å². The van der Waals surface area contributed by atoms with Crippen molar-refractivity contribution in [2.24, 2.45) is 4.99 Å². The third kappa shape index (κ3) is 1.72. The number of para-hydroxylation sites is 1. The van der Waals surface area contributed by atoms with E-state index in [1.54, 1.807) is 6.08 Å². The fourth-order valence-corrected chi connectivity index (χ4v) is 1.77. The lowest BCUT2D eigenvalue weighted by Gasteiger charge is -2.02. The molecule has 0 radical (unpaired) electrons. The molecule has 1 aliphatic heterocycles. The Hall–Kier alpha value is -2.03. The van der Waals surface area contributed by atoms with Gasteiger partial charge in [0.1, 0.15) is 5.76 Å².